The van der Waals surface area contributed by atoms with Crippen LogP contribution in [-0.4, -0.2) is 12.1 Å². The van der Waals surface area contributed by atoms with Crippen molar-refractivity contribution in [2.24, 2.45) is 0 Å². The molecule has 4 rings (SSSR count). The van der Waals surface area contributed by atoms with Gasteiger partial charge in [-0.2, -0.15) is 0 Å². The highest BCUT2D eigenvalue weighted by Crippen LogP contribution is 2.33. The van der Waals surface area contributed by atoms with E-state index < -0.39 is 0 Å². The van der Waals surface area contributed by atoms with E-state index in [0.717, 1.165) is 30.7 Å². The summed E-state index contributed by atoms with van der Waals surface area (Å²) in [6, 6.07) is 16.7. The highest BCUT2D eigenvalue weighted by atomic mass is 16.5. The van der Waals surface area contributed by atoms with Crippen molar-refractivity contribution >= 4 is 16.6 Å². The van der Waals surface area contributed by atoms with Crippen LogP contribution in [0.25, 0.3) is 10.9 Å². The first-order valence-corrected chi connectivity index (χ1v) is 8.62. The van der Waals surface area contributed by atoms with Crippen molar-refractivity contribution in [3.8, 4) is 5.75 Å². The summed E-state index contributed by atoms with van der Waals surface area (Å²) < 4.78 is 5.33. The topological polar surface area (TPSA) is 34.1 Å². The fraction of sp³-hybridized carbons (Fsp3) is 0.286. The first kappa shape index (κ1) is 15.0. The number of anilines is 1. The Balaban J connectivity index is 1.72. The van der Waals surface area contributed by atoms with Crippen LogP contribution in [0, 0.1) is 0 Å². The van der Waals surface area contributed by atoms with Gasteiger partial charge in [0.15, 0.2) is 0 Å². The quantitative estimate of drug-likeness (QED) is 0.755. The van der Waals surface area contributed by atoms with Gasteiger partial charge < -0.3 is 10.1 Å². The largest absolute Gasteiger partial charge is 0.497 e. The summed E-state index contributed by atoms with van der Waals surface area (Å²) >= 11 is 0. The van der Waals surface area contributed by atoms with Crippen LogP contribution in [-0.2, 0) is 19.4 Å². The number of pyridine rings is 1. The second kappa shape index (κ2) is 6.52. The van der Waals surface area contributed by atoms with E-state index in [2.05, 4.69) is 41.7 Å². The number of aromatic nitrogens is 1. The molecule has 1 aromatic heterocycles. The standard InChI is InChI=1S/C21H22N2O/c1-24-16-8-6-7-15(13-16)14-22-21-17-9-2-4-11-19(17)23-20-12-5-3-10-18(20)21/h2,4,6-9,11,13H,3,5,10,12,14H2,1H3,(H,22,23). The van der Waals surface area contributed by atoms with Crippen molar-refractivity contribution in [1.29, 1.82) is 0 Å². The zero-order valence-corrected chi connectivity index (χ0v) is 14.0. The number of hydrogen-bond donors (Lipinski definition) is 1. The smallest absolute Gasteiger partial charge is 0.119 e. The molecule has 1 heterocycles. The van der Waals surface area contributed by atoms with Crippen LogP contribution < -0.4 is 10.1 Å². The van der Waals surface area contributed by atoms with Crippen LogP contribution in [0.3, 0.4) is 0 Å². The third kappa shape index (κ3) is 2.82. The van der Waals surface area contributed by atoms with Gasteiger partial charge in [-0.15, -0.1) is 0 Å². The van der Waals surface area contributed by atoms with Crippen LogP contribution in [0.5, 0.6) is 5.75 Å². The lowest BCUT2D eigenvalue weighted by Gasteiger charge is -2.21. The lowest BCUT2D eigenvalue weighted by atomic mass is 9.92. The molecule has 0 saturated heterocycles. The summed E-state index contributed by atoms with van der Waals surface area (Å²) in [5.74, 6) is 0.899. The Kier molecular flexibility index (Phi) is 4.08. The molecular weight excluding hydrogens is 296 g/mol. The van der Waals surface area contributed by atoms with Gasteiger partial charge in [0.25, 0.3) is 0 Å². The monoisotopic (exact) mass is 318 g/mol. The molecule has 3 aromatic rings. The summed E-state index contributed by atoms with van der Waals surface area (Å²) in [6.45, 7) is 0.789. The summed E-state index contributed by atoms with van der Waals surface area (Å²) in [5.41, 5.74) is 6.25. The number of nitrogens with one attached hydrogen (secondary N) is 1. The highest BCUT2D eigenvalue weighted by molar-refractivity contribution is 5.93. The average molecular weight is 318 g/mol. The normalized spacial score (nSPS) is 13.5. The Morgan fingerprint density at radius 3 is 2.83 bits per heavy atom. The van der Waals surface area contributed by atoms with E-state index in [9.17, 15) is 0 Å². The SMILES string of the molecule is COc1cccc(CNc2c3c(nc4ccccc24)CCCC3)c1. The van der Waals surface area contributed by atoms with Gasteiger partial charge in [0.05, 0.1) is 12.6 Å². The maximum Gasteiger partial charge on any atom is 0.119 e. The van der Waals surface area contributed by atoms with Gasteiger partial charge in [-0.1, -0.05) is 30.3 Å². The van der Waals surface area contributed by atoms with E-state index in [-0.39, 0.29) is 0 Å². The van der Waals surface area contributed by atoms with Crippen LogP contribution in [0.2, 0.25) is 0 Å². The molecule has 0 unspecified atom stereocenters. The number of aryl methyl sites for hydroxylation is 1. The van der Waals surface area contributed by atoms with E-state index in [4.69, 9.17) is 9.72 Å². The Morgan fingerprint density at radius 1 is 1.04 bits per heavy atom. The summed E-state index contributed by atoms with van der Waals surface area (Å²) in [4.78, 5) is 4.90. The van der Waals surface area contributed by atoms with Crippen LogP contribution >= 0.6 is 0 Å². The maximum absolute atomic E-state index is 5.33. The van der Waals surface area contributed by atoms with Crippen molar-refractivity contribution in [3.05, 3.63) is 65.4 Å². The van der Waals surface area contributed by atoms with E-state index in [1.165, 1.54) is 40.7 Å². The van der Waals surface area contributed by atoms with Gasteiger partial charge in [-0.05, 0) is 55.0 Å². The zero-order chi connectivity index (χ0) is 16.4. The molecule has 0 radical (unpaired) electrons. The number of methoxy groups -OCH3 is 1. The molecule has 24 heavy (non-hydrogen) atoms. The third-order valence-electron chi connectivity index (χ3n) is 4.77. The molecule has 1 aliphatic carbocycles. The predicted octanol–water partition coefficient (Wildman–Crippen LogP) is 4.73. The van der Waals surface area contributed by atoms with E-state index in [0.29, 0.717) is 0 Å². The highest BCUT2D eigenvalue weighted by Gasteiger charge is 2.17. The molecular formula is C21H22N2O. The Bertz CT molecular complexity index is 873. The number of para-hydroxylation sites is 1. The molecule has 1 N–H and O–H groups in total. The van der Waals surface area contributed by atoms with E-state index >= 15 is 0 Å². The Morgan fingerprint density at radius 2 is 1.92 bits per heavy atom. The van der Waals surface area contributed by atoms with Gasteiger partial charge >= 0.3 is 0 Å². The minimum absolute atomic E-state index is 0.789. The molecule has 0 fully saturated rings. The predicted molar refractivity (Wildman–Crippen MR) is 98.7 cm³/mol. The fourth-order valence-corrected chi connectivity index (χ4v) is 3.55. The molecule has 0 atom stereocenters. The lowest BCUT2D eigenvalue weighted by Crippen LogP contribution is -2.11. The van der Waals surface area contributed by atoms with Crippen molar-refractivity contribution in [2.45, 2.75) is 32.2 Å². The summed E-state index contributed by atoms with van der Waals surface area (Å²) in [5, 5.41) is 4.91. The molecule has 2 aromatic carbocycles. The van der Waals surface area contributed by atoms with Gasteiger partial charge in [0.1, 0.15) is 5.75 Å². The third-order valence-corrected chi connectivity index (χ3v) is 4.77. The molecule has 3 nitrogen and oxygen atoms in total. The molecule has 0 aliphatic heterocycles. The molecule has 3 heteroatoms. The number of hydrogen-bond acceptors (Lipinski definition) is 3. The number of ether oxygens (including phenoxy) is 1. The van der Waals surface area contributed by atoms with Crippen LogP contribution in [0.15, 0.2) is 48.5 Å². The second-order valence-corrected chi connectivity index (χ2v) is 6.34. The Hall–Kier alpha value is -2.55. The van der Waals surface area contributed by atoms with Gasteiger partial charge in [0.2, 0.25) is 0 Å². The molecule has 0 spiro atoms. The van der Waals surface area contributed by atoms with Gasteiger partial charge in [-0.3, -0.25) is 4.98 Å². The summed E-state index contributed by atoms with van der Waals surface area (Å²) in [7, 11) is 1.71. The molecule has 0 bridgehead atoms. The first-order valence-electron chi connectivity index (χ1n) is 8.62. The van der Waals surface area contributed by atoms with E-state index in [1.54, 1.807) is 7.11 Å². The Labute approximate surface area is 142 Å². The zero-order valence-electron chi connectivity index (χ0n) is 14.0. The first-order chi connectivity index (χ1) is 11.8. The van der Waals surface area contributed by atoms with Crippen LogP contribution in [0.4, 0.5) is 5.69 Å². The van der Waals surface area contributed by atoms with Crippen molar-refractivity contribution < 1.29 is 4.74 Å². The fourth-order valence-electron chi connectivity index (χ4n) is 3.55. The maximum atomic E-state index is 5.33. The minimum Gasteiger partial charge on any atom is -0.497 e. The van der Waals surface area contributed by atoms with Crippen LogP contribution in [0.1, 0.15) is 29.7 Å². The number of benzene rings is 2. The lowest BCUT2D eigenvalue weighted by molar-refractivity contribution is 0.414. The molecule has 1 aliphatic rings. The minimum atomic E-state index is 0.789. The van der Waals surface area contributed by atoms with Crippen molar-refractivity contribution in [2.75, 3.05) is 12.4 Å². The van der Waals surface area contributed by atoms with Gasteiger partial charge in [-0.25, -0.2) is 0 Å². The number of nitrogens with zero attached hydrogens (tertiary/aromatic N) is 1. The second-order valence-electron chi connectivity index (χ2n) is 6.34. The van der Waals surface area contributed by atoms with E-state index in [1.807, 2.05) is 12.1 Å². The number of fused-ring (bicyclic) bond motifs is 2. The molecule has 0 amide bonds. The average Bonchev–Trinajstić information content (AvgIpc) is 2.65. The molecule has 0 saturated carbocycles. The summed E-state index contributed by atoms with van der Waals surface area (Å²) in [6.07, 6.45) is 4.70. The molecule has 122 valence electrons. The van der Waals surface area contributed by atoms with Crippen molar-refractivity contribution in [3.63, 3.8) is 0 Å². The van der Waals surface area contributed by atoms with Crippen molar-refractivity contribution in [1.82, 2.24) is 4.98 Å². The number of rotatable bonds is 4. The van der Waals surface area contributed by atoms with Gasteiger partial charge in [0, 0.05) is 23.3 Å².